The van der Waals surface area contributed by atoms with E-state index >= 15 is 0 Å². The number of hydrogen-bond acceptors (Lipinski definition) is 5. The van der Waals surface area contributed by atoms with Crippen molar-refractivity contribution >= 4 is 13.7 Å². The molecule has 0 radical (unpaired) electrons. The quantitative estimate of drug-likeness (QED) is 0.0243. The number of aliphatic hydroxyl groups excluding tert-OH is 1. The van der Waals surface area contributed by atoms with Crippen molar-refractivity contribution in [2.75, 3.05) is 40.9 Å². The van der Waals surface area contributed by atoms with Crippen LogP contribution in [0.2, 0.25) is 0 Å². The third kappa shape index (κ3) is 56.4. The van der Waals surface area contributed by atoms with Gasteiger partial charge < -0.3 is 19.8 Å². The second-order valence-corrected chi connectivity index (χ2v) is 22.1. The van der Waals surface area contributed by atoms with E-state index in [0.29, 0.717) is 17.4 Å². The lowest BCUT2D eigenvalue weighted by Crippen LogP contribution is -2.45. The van der Waals surface area contributed by atoms with Crippen LogP contribution in [0.3, 0.4) is 0 Å². The molecule has 3 unspecified atom stereocenters. The van der Waals surface area contributed by atoms with Gasteiger partial charge in [0.15, 0.2) is 0 Å². The summed E-state index contributed by atoms with van der Waals surface area (Å²) >= 11 is 0. The number of phosphoric ester groups is 1. The minimum Gasteiger partial charge on any atom is -0.387 e. The number of quaternary nitrogens is 1. The average molecular weight is 1050 g/mol. The van der Waals surface area contributed by atoms with E-state index in [-0.39, 0.29) is 19.1 Å². The molecule has 0 spiro atoms. The van der Waals surface area contributed by atoms with Gasteiger partial charge in [0.1, 0.15) is 13.2 Å². The molecule has 74 heavy (non-hydrogen) atoms. The molecule has 3 atom stereocenters. The molecule has 0 saturated heterocycles. The third-order valence-corrected chi connectivity index (χ3v) is 13.4. The summed E-state index contributed by atoms with van der Waals surface area (Å²) in [6.45, 7) is 4.67. The van der Waals surface area contributed by atoms with Crippen molar-refractivity contribution in [1.29, 1.82) is 0 Å². The average Bonchev–Trinajstić information content (AvgIpc) is 3.36. The van der Waals surface area contributed by atoms with Crippen LogP contribution in [0.5, 0.6) is 0 Å². The van der Waals surface area contributed by atoms with E-state index in [0.717, 1.165) is 116 Å². The molecule has 0 aliphatic carbocycles. The molecule has 0 aromatic rings. The maximum Gasteiger partial charge on any atom is 0.472 e. The van der Waals surface area contributed by atoms with Crippen LogP contribution in [0.1, 0.15) is 219 Å². The number of allylic oxidation sites excluding steroid dienone is 21. The molecular weight excluding hydrogens is 936 g/mol. The molecule has 0 fully saturated rings. The number of phosphoric acid groups is 1. The summed E-state index contributed by atoms with van der Waals surface area (Å²) in [6, 6.07) is -0.859. The Labute approximate surface area is 456 Å². The predicted octanol–water partition coefficient (Wildman–Crippen LogP) is 18.3. The van der Waals surface area contributed by atoms with Crippen LogP contribution in [0, 0.1) is 0 Å². The predicted molar refractivity (Wildman–Crippen MR) is 322 cm³/mol. The van der Waals surface area contributed by atoms with Gasteiger partial charge in [-0.15, -0.1) is 0 Å². The highest BCUT2D eigenvalue weighted by Crippen LogP contribution is 2.43. The van der Waals surface area contributed by atoms with E-state index in [9.17, 15) is 19.4 Å². The SMILES string of the molecule is CC/C=C\C/C=C\C/C=C\C/C=C\C/C=C\C/C=C\C/C=C\C/C=C\C/C=C\C/C=C\CCCCCCCCCCC(=O)NC(COP(=O)(O)OCC[N+](C)(C)C)C(O)/C=C/CCCCCCCCCCCCC. The number of nitrogens with zero attached hydrogens (tertiary/aromatic N) is 1. The van der Waals surface area contributed by atoms with Gasteiger partial charge in [-0.1, -0.05) is 250 Å². The van der Waals surface area contributed by atoms with Crippen molar-refractivity contribution in [2.24, 2.45) is 0 Å². The summed E-state index contributed by atoms with van der Waals surface area (Å²) in [4.78, 5) is 23.3. The first-order valence-corrected chi connectivity index (χ1v) is 31.1. The normalized spacial score (nSPS) is 14.9. The largest absolute Gasteiger partial charge is 0.472 e. The van der Waals surface area contributed by atoms with Crippen LogP contribution < -0.4 is 5.32 Å². The zero-order valence-corrected chi connectivity index (χ0v) is 48.9. The Morgan fingerprint density at radius 3 is 1.19 bits per heavy atom. The van der Waals surface area contributed by atoms with Gasteiger partial charge >= 0.3 is 7.82 Å². The van der Waals surface area contributed by atoms with Gasteiger partial charge in [-0.2, -0.15) is 0 Å². The topological polar surface area (TPSA) is 105 Å². The Morgan fingerprint density at radius 2 is 0.811 bits per heavy atom. The number of amides is 1. The number of likely N-dealkylation sites (N-methyl/N-ethyl adjacent to an activating group) is 1. The second-order valence-electron chi connectivity index (χ2n) is 20.6. The number of rotatable bonds is 52. The van der Waals surface area contributed by atoms with Crippen LogP contribution >= 0.6 is 7.82 Å². The number of aliphatic hydroxyl groups is 1. The van der Waals surface area contributed by atoms with Crippen LogP contribution in [-0.2, 0) is 18.4 Å². The van der Waals surface area contributed by atoms with Crippen LogP contribution in [0.25, 0.3) is 0 Å². The molecule has 0 saturated carbocycles. The van der Waals surface area contributed by atoms with Crippen molar-refractivity contribution in [2.45, 2.75) is 231 Å². The number of hydrogen-bond donors (Lipinski definition) is 3. The summed E-state index contributed by atoms with van der Waals surface area (Å²) in [5.74, 6) is -0.192. The van der Waals surface area contributed by atoms with Gasteiger partial charge in [-0.25, -0.2) is 4.57 Å². The standard InChI is InChI=1S/C65H111N2O6P/c1-6-8-10-12-14-16-18-20-21-22-23-24-25-26-27-28-29-30-31-32-33-34-35-36-37-38-39-40-41-42-43-44-45-47-49-51-53-55-57-59-65(69)66-63(62-73-74(70,71)72-61-60-67(3,4)5)64(68)58-56-54-52-50-48-46-19-17-15-13-11-9-7-2/h8,10,14,16,20-21,23-24,26-27,29-30,32-33,35-36,38-39,41-42,56,58,63-64,68H,6-7,9,11-13,15,17-19,22,25,28,31,34,37,40,43-55,57,59-62H2,1-5H3,(H-,66,69,70,71)/p+1/b10-8-,16-14-,21-20-,24-23-,27-26-,30-29-,33-32-,36-35-,39-38-,42-41-,58-56+. The molecule has 0 aromatic heterocycles. The lowest BCUT2D eigenvalue weighted by Gasteiger charge is -2.25. The van der Waals surface area contributed by atoms with E-state index in [1.165, 1.54) is 83.5 Å². The summed E-state index contributed by atoms with van der Waals surface area (Å²) in [5, 5.41) is 13.9. The molecule has 0 aliphatic heterocycles. The Hall–Kier alpha value is -3.36. The molecule has 0 aliphatic rings. The maximum absolute atomic E-state index is 13.0. The molecule has 1 amide bonds. The molecule has 9 heteroatoms. The van der Waals surface area contributed by atoms with Crippen LogP contribution in [-0.4, -0.2) is 73.4 Å². The minimum atomic E-state index is -4.35. The van der Waals surface area contributed by atoms with Crippen molar-refractivity contribution in [3.8, 4) is 0 Å². The fraction of sp³-hybridized carbons (Fsp3) is 0.646. The lowest BCUT2D eigenvalue weighted by atomic mass is 10.0. The van der Waals surface area contributed by atoms with Crippen molar-refractivity contribution in [3.63, 3.8) is 0 Å². The Morgan fingerprint density at radius 1 is 0.473 bits per heavy atom. The van der Waals surface area contributed by atoms with Crippen molar-refractivity contribution in [3.05, 3.63) is 134 Å². The maximum atomic E-state index is 13.0. The molecular formula is C65H112N2O6P+. The van der Waals surface area contributed by atoms with Crippen molar-refractivity contribution < 1.29 is 32.9 Å². The highest BCUT2D eigenvalue weighted by Gasteiger charge is 2.27. The third-order valence-electron chi connectivity index (χ3n) is 12.4. The Balaban J connectivity index is 4.13. The van der Waals surface area contributed by atoms with E-state index in [1.807, 2.05) is 27.2 Å². The lowest BCUT2D eigenvalue weighted by molar-refractivity contribution is -0.870. The number of unbranched alkanes of at least 4 members (excludes halogenated alkanes) is 19. The van der Waals surface area contributed by atoms with Gasteiger partial charge in [0.2, 0.25) is 5.91 Å². The smallest absolute Gasteiger partial charge is 0.387 e. The number of carbonyl (C=O) groups is 1. The number of nitrogens with one attached hydrogen (secondary N) is 1. The molecule has 422 valence electrons. The Kier molecular flexibility index (Phi) is 52.0. The van der Waals surface area contributed by atoms with Crippen LogP contribution in [0.4, 0.5) is 0 Å². The fourth-order valence-corrected chi connectivity index (χ4v) is 8.51. The second kappa shape index (κ2) is 54.4. The molecule has 8 nitrogen and oxygen atoms in total. The first-order valence-electron chi connectivity index (χ1n) is 29.6. The van der Waals surface area contributed by atoms with E-state index < -0.39 is 20.0 Å². The van der Waals surface area contributed by atoms with Gasteiger partial charge in [-0.05, 0) is 96.3 Å². The zero-order valence-electron chi connectivity index (χ0n) is 48.0. The monoisotopic (exact) mass is 1050 g/mol. The van der Waals surface area contributed by atoms with E-state index in [4.69, 9.17) is 9.05 Å². The zero-order chi connectivity index (χ0) is 54.2. The first kappa shape index (κ1) is 70.6. The van der Waals surface area contributed by atoms with Gasteiger partial charge in [-0.3, -0.25) is 13.8 Å². The highest BCUT2D eigenvalue weighted by molar-refractivity contribution is 7.47. The van der Waals surface area contributed by atoms with E-state index in [1.54, 1.807) is 6.08 Å². The molecule has 0 bridgehead atoms. The molecule has 0 rings (SSSR count). The van der Waals surface area contributed by atoms with Crippen LogP contribution in [0.15, 0.2) is 134 Å². The summed E-state index contributed by atoms with van der Waals surface area (Å²) < 4.78 is 23.6. The van der Waals surface area contributed by atoms with Gasteiger partial charge in [0.25, 0.3) is 0 Å². The van der Waals surface area contributed by atoms with Crippen molar-refractivity contribution in [1.82, 2.24) is 5.32 Å². The first-order chi connectivity index (χ1) is 36.0. The number of carbonyl (C=O) groups excluding carboxylic acids is 1. The van der Waals surface area contributed by atoms with Gasteiger partial charge in [0, 0.05) is 6.42 Å². The summed E-state index contributed by atoms with van der Waals surface area (Å²) in [6.07, 6.45) is 82.7. The molecule has 0 heterocycles. The summed E-state index contributed by atoms with van der Waals surface area (Å²) in [5.41, 5.74) is 0. The Bertz CT molecular complexity index is 1660. The summed E-state index contributed by atoms with van der Waals surface area (Å²) in [7, 11) is 1.55. The fourth-order valence-electron chi connectivity index (χ4n) is 7.77. The highest BCUT2D eigenvalue weighted by atomic mass is 31.2. The molecule has 3 N–H and O–H groups in total. The molecule has 0 aromatic carbocycles. The van der Waals surface area contributed by atoms with Gasteiger partial charge in [0.05, 0.1) is 39.9 Å². The van der Waals surface area contributed by atoms with E-state index in [2.05, 4.69) is 141 Å². The minimum absolute atomic E-state index is 0.0534.